The highest BCUT2D eigenvalue weighted by atomic mass is 16.5. The third kappa shape index (κ3) is 4.04. The Bertz CT molecular complexity index is 526. The zero-order valence-corrected chi connectivity index (χ0v) is 12.7. The molecule has 1 aromatic rings. The Hall–Kier alpha value is -1.89. The van der Waals surface area contributed by atoms with Gasteiger partial charge in [-0.2, -0.15) is 5.10 Å². The molecule has 1 aliphatic rings. The average molecular weight is 294 g/mol. The summed E-state index contributed by atoms with van der Waals surface area (Å²) >= 11 is 0. The van der Waals surface area contributed by atoms with E-state index in [4.69, 9.17) is 4.74 Å². The summed E-state index contributed by atoms with van der Waals surface area (Å²) in [5.41, 5.74) is 3.08. The molecule has 2 rings (SSSR count). The monoisotopic (exact) mass is 294 g/mol. The van der Waals surface area contributed by atoms with Crippen molar-refractivity contribution in [3.63, 3.8) is 0 Å². The van der Waals surface area contributed by atoms with Gasteiger partial charge in [-0.25, -0.2) is 0 Å². The first kappa shape index (κ1) is 15.5. The Morgan fingerprint density at radius 1 is 1.52 bits per heavy atom. The maximum absolute atomic E-state index is 11.8. The number of aryl methyl sites for hydroxylation is 2. The second-order valence-corrected chi connectivity index (χ2v) is 5.43. The number of amides is 2. The molecule has 2 N–H and O–H groups in total. The standard InChI is InChI=1S/C14H22N4O3/c1-9-10(2)16-17-12(9)4-5-13(19)15-6-11-7-18(3)14(20)8-21-11/h11H,4-8H2,1-3H3,(H,15,19)(H,16,17)/t11-/m0/s1. The van der Waals surface area contributed by atoms with Crippen molar-refractivity contribution >= 4 is 11.8 Å². The zero-order chi connectivity index (χ0) is 15.4. The smallest absolute Gasteiger partial charge is 0.248 e. The summed E-state index contributed by atoms with van der Waals surface area (Å²) in [5, 5.41) is 9.94. The van der Waals surface area contributed by atoms with Crippen LogP contribution in [0.2, 0.25) is 0 Å². The van der Waals surface area contributed by atoms with Crippen molar-refractivity contribution in [3.8, 4) is 0 Å². The fourth-order valence-electron chi connectivity index (χ4n) is 2.21. The molecule has 0 unspecified atom stereocenters. The van der Waals surface area contributed by atoms with Crippen LogP contribution < -0.4 is 5.32 Å². The van der Waals surface area contributed by atoms with Crippen molar-refractivity contribution in [3.05, 3.63) is 17.0 Å². The van der Waals surface area contributed by atoms with Crippen LogP contribution >= 0.6 is 0 Å². The zero-order valence-electron chi connectivity index (χ0n) is 12.7. The van der Waals surface area contributed by atoms with E-state index in [9.17, 15) is 9.59 Å². The maximum Gasteiger partial charge on any atom is 0.248 e. The average Bonchev–Trinajstić information content (AvgIpc) is 2.78. The number of aromatic amines is 1. The number of ether oxygens (including phenoxy) is 1. The minimum atomic E-state index is -0.133. The maximum atomic E-state index is 11.8. The molecule has 0 aliphatic carbocycles. The van der Waals surface area contributed by atoms with E-state index in [1.165, 1.54) is 0 Å². The second kappa shape index (κ2) is 6.71. The fourth-order valence-corrected chi connectivity index (χ4v) is 2.21. The fraction of sp³-hybridized carbons (Fsp3) is 0.643. The number of morpholine rings is 1. The number of carbonyl (C=O) groups excluding carboxylic acids is 2. The van der Waals surface area contributed by atoms with Gasteiger partial charge >= 0.3 is 0 Å². The summed E-state index contributed by atoms with van der Waals surface area (Å²) in [6.45, 7) is 4.98. The van der Waals surface area contributed by atoms with Gasteiger partial charge in [-0.05, 0) is 19.4 Å². The van der Waals surface area contributed by atoms with Crippen LogP contribution in [0, 0.1) is 13.8 Å². The highest BCUT2D eigenvalue weighted by Crippen LogP contribution is 2.10. The summed E-state index contributed by atoms with van der Waals surface area (Å²) in [7, 11) is 1.74. The first-order chi connectivity index (χ1) is 9.97. The highest BCUT2D eigenvalue weighted by molar-refractivity contribution is 5.78. The van der Waals surface area contributed by atoms with Gasteiger partial charge in [0, 0.05) is 38.7 Å². The molecule has 2 amide bonds. The summed E-state index contributed by atoms with van der Waals surface area (Å²) in [5.74, 6) is -0.0554. The highest BCUT2D eigenvalue weighted by Gasteiger charge is 2.23. The quantitative estimate of drug-likeness (QED) is 0.796. The van der Waals surface area contributed by atoms with E-state index in [-0.39, 0.29) is 24.5 Å². The molecule has 0 radical (unpaired) electrons. The SMILES string of the molecule is Cc1[nH]nc(CCC(=O)NC[C@H]2CN(C)C(=O)CO2)c1C. The Labute approximate surface area is 124 Å². The van der Waals surface area contributed by atoms with Crippen molar-refractivity contribution < 1.29 is 14.3 Å². The molecule has 1 aromatic heterocycles. The van der Waals surface area contributed by atoms with Gasteiger partial charge in [0.15, 0.2) is 0 Å². The lowest BCUT2D eigenvalue weighted by Gasteiger charge is -2.29. The van der Waals surface area contributed by atoms with Gasteiger partial charge < -0.3 is 15.0 Å². The molecule has 2 heterocycles. The van der Waals surface area contributed by atoms with E-state index in [0.717, 1.165) is 17.0 Å². The van der Waals surface area contributed by atoms with Crippen LogP contribution in [0.4, 0.5) is 0 Å². The van der Waals surface area contributed by atoms with Crippen molar-refractivity contribution in [1.29, 1.82) is 0 Å². The van der Waals surface area contributed by atoms with Crippen LogP contribution in [0.5, 0.6) is 0 Å². The van der Waals surface area contributed by atoms with Gasteiger partial charge in [-0.3, -0.25) is 14.7 Å². The van der Waals surface area contributed by atoms with Gasteiger partial charge in [0.2, 0.25) is 11.8 Å². The van der Waals surface area contributed by atoms with Crippen LogP contribution in [-0.4, -0.2) is 59.8 Å². The molecule has 116 valence electrons. The Balaban J connectivity index is 1.70. The molecule has 0 spiro atoms. The topological polar surface area (TPSA) is 87.3 Å². The van der Waals surface area contributed by atoms with Crippen LogP contribution in [0.25, 0.3) is 0 Å². The summed E-state index contributed by atoms with van der Waals surface area (Å²) in [6.07, 6.45) is 0.879. The third-order valence-electron chi connectivity index (χ3n) is 3.82. The molecule has 1 fully saturated rings. The van der Waals surface area contributed by atoms with Crippen molar-refractivity contribution in [2.24, 2.45) is 0 Å². The predicted molar refractivity (Wildman–Crippen MR) is 76.8 cm³/mol. The summed E-state index contributed by atoms with van der Waals surface area (Å²) in [4.78, 5) is 24.7. The number of hydrogen-bond donors (Lipinski definition) is 2. The van der Waals surface area contributed by atoms with Crippen LogP contribution in [0.3, 0.4) is 0 Å². The number of nitrogens with one attached hydrogen (secondary N) is 2. The van der Waals surface area contributed by atoms with E-state index in [1.807, 2.05) is 13.8 Å². The molecular weight excluding hydrogens is 272 g/mol. The summed E-state index contributed by atoms with van der Waals surface area (Å²) < 4.78 is 5.37. The Morgan fingerprint density at radius 2 is 2.29 bits per heavy atom. The molecule has 7 nitrogen and oxygen atoms in total. The number of carbonyl (C=O) groups is 2. The summed E-state index contributed by atoms with van der Waals surface area (Å²) in [6, 6.07) is 0. The van der Waals surface area contributed by atoms with Gasteiger partial charge in [0.25, 0.3) is 0 Å². The molecule has 0 bridgehead atoms. The molecule has 0 aromatic carbocycles. The molecule has 7 heteroatoms. The van der Waals surface area contributed by atoms with E-state index < -0.39 is 0 Å². The lowest BCUT2D eigenvalue weighted by Crippen LogP contribution is -2.48. The van der Waals surface area contributed by atoms with Crippen LogP contribution in [-0.2, 0) is 20.7 Å². The number of hydrogen-bond acceptors (Lipinski definition) is 4. The number of rotatable bonds is 5. The van der Waals surface area contributed by atoms with Gasteiger partial charge in [0.1, 0.15) is 6.61 Å². The first-order valence-electron chi connectivity index (χ1n) is 7.10. The van der Waals surface area contributed by atoms with Gasteiger partial charge in [-0.1, -0.05) is 0 Å². The van der Waals surface area contributed by atoms with Gasteiger partial charge in [0.05, 0.1) is 11.8 Å². The second-order valence-electron chi connectivity index (χ2n) is 5.43. The third-order valence-corrected chi connectivity index (χ3v) is 3.82. The lowest BCUT2D eigenvalue weighted by molar-refractivity contribution is -0.146. The van der Waals surface area contributed by atoms with E-state index in [1.54, 1.807) is 11.9 Å². The normalized spacial score (nSPS) is 18.9. The Morgan fingerprint density at radius 3 is 2.90 bits per heavy atom. The van der Waals surface area contributed by atoms with E-state index in [2.05, 4.69) is 15.5 Å². The molecule has 21 heavy (non-hydrogen) atoms. The number of H-pyrrole nitrogens is 1. The van der Waals surface area contributed by atoms with E-state index >= 15 is 0 Å². The Kier molecular flexibility index (Phi) is 4.95. The molecule has 1 saturated heterocycles. The molecule has 0 saturated carbocycles. The first-order valence-corrected chi connectivity index (χ1v) is 7.10. The van der Waals surface area contributed by atoms with Gasteiger partial charge in [-0.15, -0.1) is 0 Å². The molecule has 1 atom stereocenters. The minimum Gasteiger partial charge on any atom is -0.365 e. The van der Waals surface area contributed by atoms with Crippen molar-refractivity contribution in [2.45, 2.75) is 32.8 Å². The molecular formula is C14H22N4O3. The number of aromatic nitrogens is 2. The predicted octanol–water partition coefficient (Wildman–Crippen LogP) is -0.0675. The number of likely N-dealkylation sites (N-methyl/N-ethyl adjacent to an activating group) is 1. The number of nitrogens with zero attached hydrogens (tertiary/aromatic N) is 2. The van der Waals surface area contributed by atoms with Crippen LogP contribution in [0.1, 0.15) is 23.4 Å². The molecule has 1 aliphatic heterocycles. The lowest BCUT2D eigenvalue weighted by atomic mass is 10.1. The largest absolute Gasteiger partial charge is 0.365 e. The van der Waals surface area contributed by atoms with Crippen molar-refractivity contribution in [1.82, 2.24) is 20.4 Å². The van der Waals surface area contributed by atoms with Crippen molar-refractivity contribution in [2.75, 3.05) is 26.7 Å². The van der Waals surface area contributed by atoms with Crippen LogP contribution in [0.15, 0.2) is 0 Å². The minimum absolute atomic E-state index is 0.0260. The van der Waals surface area contributed by atoms with E-state index in [0.29, 0.717) is 25.9 Å².